The Bertz CT molecular complexity index is 1110. The van der Waals surface area contributed by atoms with Gasteiger partial charge in [-0.15, -0.1) is 0 Å². The lowest BCUT2D eigenvalue weighted by Crippen LogP contribution is -2.41. The minimum absolute atomic E-state index is 0.416. The lowest BCUT2D eigenvalue weighted by atomic mass is 9.77. The van der Waals surface area contributed by atoms with E-state index in [1.807, 2.05) is 56.8 Å². The number of aromatic nitrogens is 2. The van der Waals surface area contributed by atoms with E-state index in [1.165, 1.54) is 7.11 Å². The lowest BCUT2D eigenvalue weighted by Gasteiger charge is -2.32. The molecule has 1 aliphatic rings. The fraction of sp³-hybridized carbons (Fsp3) is 0.364. The molecule has 0 bridgehead atoms. The second-order valence-electron chi connectivity index (χ2n) is 8.47. The number of benzene rings is 2. The van der Waals surface area contributed by atoms with E-state index in [9.17, 15) is 4.79 Å². The van der Waals surface area contributed by atoms with E-state index in [0.29, 0.717) is 22.9 Å². The van der Waals surface area contributed by atoms with Crippen molar-refractivity contribution in [3.63, 3.8) is 0 Å². The van der Waals surface area contributed by atoms with Gasteiger partial charge >= 0.3 is 7.12 Å². The van der Waals surface area contributed by atoms with Gasteiger partial charge in [0.15, 0.2) is 6.29 Å². The number of aldehydes is 1. The molecule has 2 heterocycles. The molecular formula is C22H24BClN2O4. The summed E-state index contributed by atoms with van der Waals surface area (Å²) >= 11 is 6.41. The molecule has 1 fully saturated rings. The van der Waals surface area contributed by atoms with Crippen LogP contribution in [-0.4, -0.2) is 41.5 Å². The highest BCUT2D eigenvalue weighted by atomic mass is 35.5. The maximum Gasteiger partial charge on any atom is 0.495 e. The first-order valence-electron chi connectivity index (χ1n) is 9.78. The van der Waals surface area contributed by atoms with E-state index in [-0.39, 0.29) is 0 Å². The van der Waals surface area contributed by atoms with Crippen molar-refractivity contribution in [3.8, 4) is 5.75 Å². The summed E-state index contributed by atoms with van der Waals surface area (Å²) in [4.78, 5) is 11.2. The van der Waals surface area contributed by atoms with E-state index in [4.69, 9.17) is 25.6 Å². The third-order valence-corrected chi connectivity index (χ3v) is 6.43. The quantitative estimate of drug-likeness (QED) is 0.458. The van der Waals surface area contributed by atoms with Crippen LogP contribution in [0.25, 0.3) is 10.9 Å². The summed E-state index contributed by atoms with van der Waals surface area (Å²) in [7, 11) is 1.06. The van der Waals surface area contributed by atoms with Crippen molar-refractivity contribution in [2.24, 2.45) is 0 Å². The van der Waals surface area contributed by atoms with Crippen LogP contribution in [0.15, 0.2) is 36.5 Å². The van der Waals surface area contributed by atoms with Gasteiger partial charge in [-0.3, -0.25) is 9.48 Å². The molecule has 4 rings (SSSR count). The number of rotatable bonds is 5. The second-order valence-corrected chi connectivity index (χ2v) is 8.88. The first-order valence-corrected chi connectivity index (χ1v) is 10.2. The van der Waals surface area contributed by atoms with E-state index in [1.54, 1.807) is 12.1 Å². The predicted molar refractivity (Wildman–Crippen MR) is 118 cm³/mol. The van der Waals surface area contributed by atoms with E-state index < -0.39 is 18.3 Å². The normalized spacial score (nSPS) is 17.5. The zero-order valence-corrected chi connectivity index (χ0v) is 18.5. The van der Waals surface area contributed by atoms with Gasteiger partial charge in [-0.2, -0.15) is 5.10 Å². The maximum atomic E-state index is 11.2. The molecule has 1 aromatic heterocycles. The molecule has 0 spiro atoms. The summed E-state index contributed by atoms with van der Waals surface area (Å²) in [6, 6.07) is 9.37. The molecule has 0 amide bonds. The number of halogens is 1. The minimum atomic E-state index is -0.466. The summed E-state index contributed by atoms with van der Waals surface area (Å²) in [5.41, 5.74) is 2.28. The van der Waals surface area contributed by atoms with Crippen LogP contribution in [0.2, 0.25) is 5.02 Å². The molecule has 6 nitrogen and oxygen atoms in total. The van der Waals surface area contributed by atoms with E-state index >= 15 is 0 Å². The Labute approximate surface area is 181 Å². The largest absolute Gasteiger partial charge is 0.496 e. The van der Waals surface area contributed by atoms with Crippen molar-refractivity contribution in [3.05, 3.63) is 52.7 Å². The van der Waals surface area contributed by atoms with Crippen molar-refractivity contribution in [2.45, 2.75) is 45.4 Å². The fourth-order valence-electron chi connectivity index (χ4n) is 3.59. The number of carbonyl (C=O) groups is 1. The number of fused-ring (bicyclic) bond motifs is 1. The van der Waals surface area contributed by atoms with Crippen molar-refractivity contribution in [2.75, 3.05) is 7.11 Å². The first kappa shape index (κ1) is 20.9. The summed E-state index contributed by atoms with van der Waals surface area (Å²) in [6.45, 7) is 8.58. The molecule has 0 saturated carbocycles. The van der Waals surface area contributed by atoms with Gasteiger partial charge in [0.2, 0.25) is 0 Å². The minimum Gasteiger partial charge on any atom is -0.496 e. The highest BCUT2D eigenvalue weighted by Crippen LogP contribution is 2.37. The van der Waals surface area contributed by atoms with Gasteiger partial charge in [-0.1, -0.05) is 23.7 Å². The Morgan fingerprint density at radius 2 is 1.90 bits per heavy atom. The zero-order valence-electron chi connectivity index (χ0n) is 17.7. The van der Waals surface area contributed by atoms with Crippen LogP contribution in [0.3, 0.4) is 0 Å². The van der Waals surface area contributed by atoms with Gasteiger partial charge in [-0.25, -0.2) is 0 Å². The first-order chi connectivity index (χ1) is 14.2. The molecule has 30 heavy (non-hydrogen) atoms. The fourth-order valence-corrected chi connectivity index (χ4v) is 3.82. The summed E-state index contributed by atoms with van der Waals surface area (Å²) in [5, 5.41) is 6.02. The van der Waals surface area contributed by atoms with Gasteiger partial charge < -0.3 is 14.0 Å². The van der Waals surface area contributed by atoms with Crippen LogP contribution in [-0.2, 0) is 15.9 Å². The van der Waals surface area contributed by atoms with E-state index in [0.717, 1.165) is 28.2 Å². The molecule has 0 unspecified atom stereocenters. The van der Waals surface area contributed by atoms with Gasteiger partial charge in [0.25, 0.3) is 0 Å². The highest BCUT2D eigenvalue weighted by Gasteiger charge is 2.52. The number of hydrogen-bond donors (Lipinski definition) is 0. The van der Waals surface area contributed by atoms with Crippen molar-refractivity contribution >= 4 is 41.4 Å². The molecular weight excluding hydrogens is 403 g/mol. The third-order valence-electron chi connectivity index (χ3n) is 6.07. The smallest absolute Gasteiger partial charge is 0.495 e. The molecule has 1 saturated heterocycles. The van der Waals surface area contributed by atoms with Crippen molar-refractivity contribution < 1.29 is 18.8 Å². The average molecular weight is 427 g/mol. The van der Waals surface area contributed by atoms with Crippen LogP contribution < -0.4 is 10.2 Å². The molecule has 3 aromatic rings. The van der Waals surface area contributed by atoms with Crippen LogP contribution in [0, 0.1) is 0 Å². The number of hydrogen-bond acceptors (Lipinski definition) is 5. The van der Waals surface area contributed by atoms with Gasteiger partial charge in [0.1, 0.15) is 5.75 Å². The number of ether oxygens (including phenoxy) is 1. The van der Waals surface area contributed by atoms with Crippen LogP contribution in [0.1, 0.15) is 43.6 Å². The highest BCUT2D eigenvalue weighted by molar-refractivity contribution is 6.65. The van der Waals surface area contributed by atoms with Gasteiger partial charge in [0.05, 0.1) is 42.1 Å². The Balaban J connectivity index is 1.71. The molecule has 156 valence electrons. The van der Waals surface area contributed by atoms with E-state index in [2.05, 4.69) is 5.10 Å². The standard InChI is InChI=1S/C22H24BClN2O4/c1-21(2)22(3,4)30-23(29-21)17-7-6-8-19-16(17)11-25-26(19)12-14-10-20(28-5)15(13-27)9-18(14)24/h6-11,13H,12H2,1-5H3. The number of carbonyl (C=O) groups excluding carboxylic acids is 1. The molecule has 1 aliphatic heterocycles. The summed E-state index contributed by atoms with van der Waals surface area (Å²) < 4.78 is 19.6. The Kier molecular flexibility index (Phi) is 5.17. The molecule has 0 aliphatic carbocycles. The van der Waals surface area contributed by atoms with Gasteiger partial charge in [0, 0.05) is 10.4 Å². The summed E-state index contributed by atoms with van der Waals surface area (Å²) in [6.07, 6.45) is 2.55. The number of methoxy groups -OCH3 is 1. The molecule has 0 radical (unpaired) electrons. The van der Waals surface area contributed by atoms with Crippen LogP contribution >= 0.6 is 11.6 Å². The van der Waals surface area contributed by atoms with Crippen LogP contribution in [0.5, 0.6) is 5.75 Å². The molecule has 0 atom stereocenters. The topological polar surface area (TPSA) is 62.6 Å². The molecule has 0 N–H and O–H groups in total. The van der Waals surface area contributed by atoms with Crippen molar-refractivity contribution in [1.29, 1.82) is 0 Å². The van der Waals surface area contributed by atoms with Crippen molar-refractivity contribution in [1.82, 2.24) is 9.78 Å². The number of nitrogens with zero attached hydrogens (tertiary/aromatic N) is 2. The molecule has 2 aromatic carbocycles. The maximum absolute atomic E-state index is 11.2. The second kappa shape index (κ2) is 7.41. The Hall–Kier alpha value is -2.35. The summed E-state index contributed by atoms with van der Waals surface area (Å²) in [5.74, 6) is 0.485. The third kappa shape index (κ3) is 3.41. The monoisotopic (exact) mass is 426 g/mol. The van der Waals surface area contributed by atoms with Gasteiger partial charge in [-0.05, 0) is 56.9 Å². The average Bonchev–Trinajstić information content (AvgIpc) is 3.20. The lowest BCUT2D eigenvalue weighted by molar-refractivity contribution is 0.00578. The Morgan fingerprint density at radius 3 is 2.53 bits per heavy atom. The zero-order chi connectivity index (χ0) is 21.7. The Morgan fingerprint density at radius 1 is 1.20 bits per heavy atom. The predicted octanol–water partition coefficient (Wildman–Crippen LogP) is 3.86. The SMILES string of the molecule is COc1cc(Cn2ncc3c(B4OC(C)(C)C(C)(C)O4)cccc32)c(Cl)cc1C=O. The molecule has 8 heteroatoms. The van der Waals surface area contributed by atoms with Crippen LogP contribution in [0.4, 0.5) is 0 Å².